The van der Waals surface area contributed by atoms with E-state index in [0.717, 1.165) is 25.0 Å². The van der Waals surface area contributed by atoms with Gasteiger partial charge in [0.25, 0.3) is 0 Å². The molecule has 0 saturated heterocycles. The van der Waals surface area contributed by atoms with Crippen LogP contribution in [0.15, 0.2) is 24.3 Å². The molecular formula is C16H18F3NO4. The van der Waals surface area contributed by atoms with Gasteiger partial charge in [0.05, 0.1) is 11.5 Å². The number of carbonyl (C=O) groups is 2. The van der Waals surface area contributed by atoms with Gasteiger partial charge in [-0.3, -0.25) is 4.79 Å². The number of hydrogen-bond acceptors (Lipinski definition) is 3. The molecule has 2 N–H and O–H groups in total. The number of hydrogen-bond donors (Lipinski definition) is 2. The quantitative estimate of drug-likeness (QED) is 0.875. The Morgan fingerprint density at radius 3 is 2.38 bits per heavy atom. The van der Waals surface area contributed by atoms with Gasteiger partial charge in [-0.1, -0.05) is 25.0 Å². The molecule has 8 heteroatoms. The predicted octanol–water partition coefficient (Wildman–Crippen LogP) is 3.58. The number of alkyl carbamates (subject to hydrolysis) is 1. The van der Waals surface area contributed by atoms with Crippen LogP contribution < -0.4 is 5.32 Å². The molecule has 1 aliphatic carbocycles. The first kappa shape index (κ1) is 18.1. The van der Waals surface area contributed by atoms with Crippen LogP contribution in [0.2, 0.25) is 0 Å². The molecule has 0 radical (unpaired) electrons. The van der Waals surface area contributed by atoms with Crippen LogP contribution in [0.4, 0.5) is 18.0 Å². The largest absolute Gasteiger partial charge is 0.481 e. The van der Waals surface area contributed by atoms with Gasteiger partial charge in [0.15, 0.2) is 0 Å². The van der Waals surface area contributed by atoms with E-state index < -0.39 is 35.8 Å². The van der Waals surface area contributed by atoms with Crippen molar-refractivity contribution in [3.8, 4) is 0 Å². The van der Waals surface area contributed by atoms with Crippen molar-refractivity contribution in [2.75, 3.05) is 0 Å². The van der Waals surface area contributed by atoms with E-state index in [0.29, 0.717) is 18.4 Å². The van der Waals surface area contributed by atoms with Crippen molar-refractivity contribution in [2.45, 2.75) is 44.5 Å². The van der Waals surface area contributed by atoms with Gasteiger partial charge in [0, 0.05) is 6.04 Å². The van der Waals surface area contributed by atoms with E-state index in [1.807, 2.05) is 0 Å². The summed E-state index contributed by atoms with van der Waals surface area (Å²) in [5, 5.41) is 11.7. The highest BCUT2D eigenvalue weighted by Crippen LogP contribution is 2.29. The van der Waals surface area contributed by atoms with Gasteiger partial charge in [-0.15, -0.1) is 0 Å². The third-order valence-electron chi connectivity index (χ3n) is 4.04. The van der Waals surface area contributed by atoms with Crippen molar-refractivity contribution in [3.05, 3.63) is 35.4 Å². The van der Waals surface area contributed by atoms with E-state index >= 15 is 0 Å². The van der Waals surface area contributed by atoms with Gasteiger partial charge in [-0.05, 0) is 30.5 Å². The smallest absolute Gasteiger partial charge is 0.416 e. The Bertz CT molecular complexity index is 586. The van der Waals surface area contributed by atoms with Gasteiger partial charge >= 0.3 is 18.2 Å². The number of aliphatic carboxylic acids is 1. The van der Waals surface area contributed by atoms with Gasteiger partial charge in [0.1, 0.15) is 6.61 Å². The van der Waals surface area contributed by atoms with E-state index in [-0.39, 0.29) is 6.61 Å². The van der Waals surface area contributed by atoms with Crippen molar-refractivity contribution in [2.24, 2.45) is 5.92 Å². The van der Waals surface area contributed by atoms with Crippen molar-refractivity contribution >= 4 is 12.1 Å². The minimum atomic E-state index is -4.41. The van der Waals surface area contributed by atoms with Crippen LogP contribution in [-0.2, 0) is 22.3 Å². The van der Waals surface area contributed by atoms with Crippen LogP contribution in [-0.4, -0.2) is 23.2 Å². The number of halogens is 3. The van der Waals surface area contributed by atoms with Gasteiger partial charge in [0.2, 0.25) is 0 Å². The number of alkyl halides is 3. The molecule has 0 aromatic heterocycles. The molecule has 1 amide bonds. The second-order valence-corrected chi connectivity index (χ2v) is 5.75. The molecule has 2 rings (SSSR count). The number of benzene rings is 1. The molecule has 2 unspecified atom stereocenters. The minimum absolute atomic E-state index is 0.186. The van der Waals surface area contributed by atoms with Crippen molar-refractivity contribution in [3.63, 3.8) is 0 Å². The van der Waals surface area contributed by atoms with Crippen LogP contribution in [0.25, 0.3) is 0 Å². The first-order valence-corrected chi connectivity index (χ1v) is 7.59. The fourth-order valence-electron chi connectivity index (χ4n) is 2.73. The summed E-state index contributed by atoms with van der Waals surface area (Å²) in [5.74, 6) is -1.60. The molecule has 0 bridgehead atoms. The normalized spacial score (nSPS) is 21.1. The minimum Gasteiger partial charge on any atom is -0.481 e. The summed E-state index contributed by atoms with van der Waals surface area (Å²) in [6, 6.07) is 3.81. The molecule has 0 heterocycles. The number of amides is 1. The Morgan fingerprint density at radius 2 is 1.79 bits per heavy atom. The van der Waals surface area contributed by atoms with Gasteiger partial charge in [-0.25, -0.2) is 4.79 Å². The summed E-state index contributed by atoms with van der Waals surface area (Å²) in [6.45, 7) is -0.186. The SMILES string of the molecule is O=C(NC1CCCCC1C(=O)O)OCc1ccc(C(F)(F)F)cc1. The molecule has 5 nitrogen and oxygen atoms in total. The molecule has 1 aromatic carbocycles. The average molecular weight is 345 g/mol. The fraction of sp³-hybridized carbons (Fsp3) is 0.500. The maximum absolute atomic E-state index is 12.5. The third kappa shape index (κ3) is 4.87. The molecule has 1 aliphatic rings. The molecule has 0 spiro atoms. The zero-order valence-corrected chi connectivity index (χ0v) is 12.8. The molecular weight excluding hydrogens is 327 g/mol. The molecule has 1 saturated carbocycles. The molecule has 0 aliphatic heterocycles. The number of carboxylic acid groups (broad SMARTS) is 1. The number of carbonyl (C=O) groups excluding carboxylic acids is 1. The topological polar surface area (TPSA) is 75.6 Å². The van der Waals surface area contributed by atoms with Gasteiger partial charge in [-0.2, -0.15) is 13.2 Å². The standard InChI is InChI=1S/C16H18F3NO4/c17-16(18,19)11-7-5-10(6-8-11)9-24-15(23)20-13-4-2-1-3-12(13)14(21)22/h5-8,12-13H,1-4,9H2,(H,20,23)(H,21,22). The summed E-state index contributed by atoms with van der Waals surface area (Å²) < 4.78 is 42.3. The van der Waals surface area contributed by atoms with Gasteiger partial charge < -0.3 is 15.2 Å². The van der Waals surface area contributed by atoms with Crippen LogP contribution in [0, 0.1) is 5.92 Å². The Balaban J connectivity index is 1.85. The van der Waals surface area contributed by atoms with Crippen LogP contribution in [0.5, 0.6) is 0 Å². The predicted molar refractivity (Wildman–Crippen MR) is 78.1 cm³/mol. The Hall–Kier alpha value is -2.25. The zero-order valence-electron chi connectivity index (χ0n) is 12.8. The summed E-state index contributed by atoms with van der Waals surface area (Å²) >= 11 is 0. The number of nitrogens with one attached hydrogen (secondary N) is 1. The fourth-order valence-corrected chi connectivity index (χ4v) is 2.73. The van der Waals surface area contributed by atoms with E-state index in [9.17, 15) is 22.8 Å². The van der Waals surface area contributed by atoms with E-state index in [1.54, 1.807) is 0 Å². The summed E-state index contributed by atoms with van der Waals surface area (Å²) in [7, 11) is 0. The van der Waals surface area contributed by atoms with E-state index in [2.05, 4.69) is 5.32 Å². The lowest BCUT2D eigenvalue weighted by Crippen LogP contribution is -2.45. The van der Waals surface area contributed by atoms with Crippen LogP contribution in [0.3, 0.4) is 0 Å². The number of ether oxygens (including phenoxy) is 1. The monoisotopic (exact) mass is 345 g/mol. The molecule has 2 atom stereocenters. The summed E-state index contributed by atoms with van der Waals surface area (Å²) in [4.78, 5) is 22.9. The molecule has 1 aromatic rings. The summed E-state index contributed by atoms with van der Waals surface area (Å²) in [5.41, 5.74) is -0.362. The summed E-state index contributed by atoms with van der Waals surface area (Å²) in [6.07, 6.45) is -2.49. The molecule has 24 heavy (non-hydrogen) atoms. The zero-order chi connectivity index (χ0) is 17.7. The van der Waals surface area contributed by atoms with Crippen molar-refractivity contribution in [1.82, 2.24) is 5.32 Å². The average Bonchev–Trinajstić information content (AvgIpc) is 2.53. The highest BCUT2D eigenvalue weighted by molar-refractivity contribution is 5.73. The Morgan fingerprint density at radius 1 is 1.17 bits per heavy atom. The van der Waals surface area contributed by atoms with Crippen molar-refractivity contribution in [1.29, 1.82) is 0 Å². The molecule has 132 valence electrons. The Kier molecular flexibility index (Phi) is 5.69. The highest BCUT2D eigenvalue weighted by Gasteiger charge is 2.32. The third-order valence-corrected chi connectivity index (χ3v) is 4.04. The maximum atomic E-state index is 12.5. The lowest BCUT2D eigenvalue weighted by Gasteiger charge is -2.28. The maximum Gasteiger partial charge on any atom is 0.416 e. The Labute approximate surface area is 136 Å². The first-order valence-electron chi connectivity index (χ1n) is 7.59. The second-order valence-electron chi connectivity index (χ2n) is 5.75. The van der Waals surface area contributed by atoms with E-state index in [1.165, 1.54) is 12.1 Å². The first-order chi connectivity index (χ1) is 11.3. The van der Waals surface area contributed by atoms with E-state index in [4.69, 9.17) is 9.84 Å². The van der Waals surface area contributed by atoms with Crippen LogP contribution in [0.1, 0.15) is 36.8 Å². The second kappa shape index (κ2) is 7.55. The lowest BCUT2D eigenvalue weighted by atomic mass is 9.85. The van der Waals surface area contributed by atoms with Crippen LogP contribution >= 0.6 is 0 Å². The molecule has 1 fully saturated rings. The lowest BCUT2D eigenvalue weighted by molar-refractivity contribution is -0.143. The highest BCUT2D eigenvalue weighted by atomic mass is 19.4. The number of carboxylic acids is 1. The number of rotatable bonds is 4. The van der Waals surface area contributed by atoms with Crippen molar-refractivity contribution < 1.29 is 32.6 Å².